The number of likely N-dealkylation sites (tertiary alicyclic amines) is 1. The third kappa shape index (κ3) is 11.8. The van der Waals surface area contributed by atoms with Gasteiger partial charge in [0.1, 0.15) is 24.2 Å². The Bertz CT molecular complexity index is 945. The number of hydrogen-bond donors (Lipinski definition) is 9. The van der Waals surface area contributed by atoms with Crippen LogP contribution < -0.4 is 38.5 Å². The van der Waals surface area contributed by atoms with Gasteiger partial charge in [-0.2, -0.15) is 0 Å². The van der Waals surface area contributed by atoms with Crippen molar-refractivity contribution < 1.29 is 29.1 Å². The van der Waals surface area contributed by atoms with Crippen molar-refractivity contribution in [2.24, 2.45) is 29.0 Å². The summed E-state index contributed by atoms with van der Waals surface area (Å²) in [6.07, 6.45) is 3.24. The number of rotatable bonds is 18. The summed E-state index contributed by atoms with van der Waals surface area (Å²) in [5, 5.41) is 27.3. The monoisotopic (exact) mass is 597 g/mol. The summed E-state index contributed by atoms with van der Waals surface area (Å²) in [6.45, 7) is 7.98. The minimum atomic E-state index is -1.18. The zero-order valence-corrected chi connectivity index (χ0v) is 25.3. The van der Waals surface area contributed by atoms with Crippen molar-refractivity contribution in [3.8, 4) is 0 Å². The average Bonchev–Trinajstić information content (AvgIpc) is 3.40. The van der Waals surface area contributed by atoms with Gasteiger partial charge in [-0.1, -0.05) is 27.7 Å². The fraction of sp³-hybridized carbons (Fsp3) is 0.778. The summed E-state index contributed by atoms with van der Waals surface area (Å²) in [4.78, 5) is 65.8. The molecule has 0 aromatic rings. The second-order valence-corrected chi connectivity index (χ2v) is 11.4. The maximum absolute atomic E-state index is 13.4. The Morgan fingerprint density at radius 2 is 1.57 bits per heavy atom. The number of nitrogens with two attached hydrogens (primary N) is 3. The zero-order valence-electron chi connectivity index (χ0n) is 25.3. The quantitative estimate of drug-likeness (QED) is 0.0504. The number of nitrogens with zero attached hydrogens (tertiary/aromatic N) is 1. The van der Waals surface area contributed by atoms with Crippen LogP contribution >= 0.6 is 0 Å². The molecule has 0 unspecified atom stereocenters. The van der Waals surface area contributed by atoms with E-state index in [2.05, 4.69) is 21.3 Å². The number of carbonyl (C=O) groups excluding carboxylic acids is 4. The van der Waals surface area contributed by atoms with Gasteiger partial charge < -0.3 is 48.5 Å². The summed E-state index contributed by atoms with van der Waals surface area (Å²) >= 11 is 0. The summed E-state index contributed by atoms with van der Waals surface area (Å²) < 4.78 is 0. The van der Waals surface area contributed by atoms with Crippen LogP contribution in [0.4, 0.5) is 0 Å². The molecule has 1 rings (SSSR count). The van der Waals surface area contributed by atoms with Crippen molar-refractivity contribution in [3.63, 3.8) is 0 Å². The minimum Gasteiger partial charge on any atom is -0.480 e. The molecule has 240 valence electrons. The molecule has 12 N–H and O–H groups in total. The lowest BCUT2D eigenvalue weighted by Gasteiger charge is -2.30. The van der Waals surface area contributed by atoms with E-state index in [-0.39, 0.29) is 30.1 Å². The van der Waals surface area contributed by atoms with Crippen LogP contribution in [-0.2, 0) is 24.0 Å². The first-order valence-corrected chi connectivity index (χ1v) is 14.7. The van der Waals surface area contributed by atoms with Crippen LogP contribution in [0.5, 0.6) is 0 Å². The maximum atomic E-state index is 13.4. The first-order chi connectivity index (χ1) is 19.7. The molecule has 0 aromatic carbocycles. The smallest absolute Gasteiger partial charge is 0.326 e. The van der Waals surface area contributed by atoms with E-state index in [1.807, 2.05) is 0 Å². The average molecular weight is 598 g/mol. The van der Waals surface area contributed by atoms with Crippen molar-refractivity contribution >= 4 is 35.6 Å². The van der Waals surface area contributed by atoms with Crippen LogP contribution in [0.3, 0.4) is 0 Å². The molecule has 5 atom stereocenters. The molecule has 0 aliphatic carbocycles. The highest BCUT2D eigenvalue weighted by atomic mass is 16.4. The molecule has 4 amide bonds. The van der Waals surface area contributed by atoms with Gasteiger partial charge in [-0.15, -0.1) is 0 Å². The second-order valence-electron chi connectivity index (χ2n) is 11.4. The summed E-state index contributed by atoms with van der Waals surface area (Å²) in [6, 6.07) is -4.78. The number of aliphatic carboxylic acids is 1. The molecule has 15 nitrogen and oxygen atoms in total. The highest BCUT2D eigenvalue weighted by molar-refractivity contribution is 5.95. The second kappa shape index (κ2) is 18.2. The molecule has 0 aromatic heterocycles. The van der Waals surface area contributed by atoms with Gasteiger partial charge in [0, 0.05) is 13.1 Å². The van der Waals surface area contributed by atoms with Crippen LogP contribution in [0.15, 0.2) is 0 Å². The molecule has 1 heterocycles. The number of amides is 4. The molecule has 0 saturated carbocycles. The van der Waals surface area contributed by atoms with E-state index in [1.165, 1.54) is 4.90 Å². The van der Waals surface area contributed by atoms with Crippen molar-refractivity contribution in [2.45, 2.75) is 103 Å². The van der Waals surface area contributed by atoms with Gasteiger partial charge in [0.25, 0.3) is 0 Å². The van der Waals surface area contributed by atoms with Gasteiger partial charge in [0.2, 0.25) is 23.6 Å². The third-order valence-corrected chi connectivity index (χ3v) is 7.22. The molecular formula is C27H51N9O6. The number of nitrogens with one attached hydrogen (secondary N) is 5. The maximum Gasteiger partial charge on any atom is 0.326 e. The van der Waals surface area contributed by atoms with Crippen molar-refractivity contribution in [1.82, 2.24) is 26.2 Å². The Labute approximate surface area is 247 Å². The van der Waals surface area contributed by atoms with Crippen LogP contribution in [0.2, 0.25) is 0 Å². The highest BCUT2D eigenvalue weighted by Gasteiger charge is 2.38. The molecule has 1 aliphatic rings. The van der Waals surface area contributed by atoms with E-state index >= 15 is 0 Å². The Morgan fingerprint density at radius 1 is 0.929 bits per heavy atom. The number of carboxylic acid groups (broad SMARTS) is 1. The number of guanidine groups is 1. The zero-order chi connectivity index (χ0) is 32.0. The number of carboxylic acids is 1. The molecule has 1 aliphatic heterocycles. The van der Waals surface area contributed by atoms with Crippen molar-refractivity contribution in [3.05, 3.63) is 0 Å². The fourth-order valence-corrected chi connectivity index (χ4v) is 4.76. The molecule has 15 heteroatoms. The fourth-order valence-electron chi connectivity index (χ4n) is 4.76. The van der Waals surface area contributed by atoms with Crippen LogP contribution in [0.1, 0.15) is 72.6 Å². The Balaban J connectivity index is 2.94. The first kappa shape index (κ1) is 36.6. The number of unbranched alkanes of at least 4 members (excludes halogenated alkanes) is 1. The van der Waals surface area contributed by atoms with Gasteiger partial charge >= 0.3 is 5.97 Å². The molecule has 0 spiro atoms. The number of hydrogen-bond acceptors (Lipinski definition) is 8. The normalized spacial score (nSPS) is 17.7. The Morgan fingerprint density at radius 3 is 2.12 bits per heavy atom. The SMILES string of the molecule is CC(C)[C@H](NC(=O)[C@H](CCCCN)NC(=O)[C@@H](NC(=O)[C@@H]1CCCN1C(=O)[C@@H](N)CCCNC(=N)N)C(C)C)C(=O)O. The van der Waals surface area contributed by atoms with E-state index in [4.69, 9.17) is 22.6 Å². The lowest BCUT2D eigenvalue weighted by Crippen LogP contribution is -2.59. The van der Waals surface area contributed by atoms with Crippen molar-refractivity contribution in [1.29, 1.82) is 5.41 Å². The van der Waals surface area contributed by atoms with E-state index in [9.17, 15) is 29.1 Å². The largest absolute Gasteiger partial charge is 0.480 e. The lowest BCUT2D eigenvalue weighted by molar-refractivity contribution is -0.143. The summed E-state index contributed by atoms with van der Waals surface area (Å²) in [5.74, 6) is -4.16. The predicted octanol–water partition coefficient (Wildman–Crippen LogP) is -1.45. The van der Waals surface area contributed by atoms with Gasteiger partial charge in [0.15, 0.2) is 5.96 Å². The van der Waals surface area contributed by atoms with E-state index < -0.39 is 53.9 Å². The standard InChI is InChI=1S/C27H51N9O6/c1-15(2)20(24(39)33-18(10-5-6-12-28)22(37)35-21(16(3)4)26(41)42)34-23(38)19-11-8-14-36(19)25(40)17(29)9-7-13-32-27(30)31/h15-21H,5-14,28-29H2,1-4H3,(H,33,39)(H,34,38)(H,35,37)(H,41,42)(H4,30,31,32)/t17-,18-,19-,20-,21-/m0/s1. The molecule has 0 radical (unpaired) electrons. The van der Waals surface area contributed by atoms with Crippen LogP contribution in [0.25, 0.3) is 0 Å². The molecule has 1 fully saturated rings. The molecule has 42 heavy (non-hydrogen) atoms. The Hall–Kier alpha value is -3.46. The topological polar surface area (TPSA) is 259 Å². The minimum absolute atomic E-state index is 0.169. The summed E-state index contributed by atoms with van der Waals surface area (Å²) in [5.41, 5.74) is 16.9. The van der Waals surface area contributed by atoms with Crippen LogP contribution in [-0.4, -0.2) is 95.4 Å². The van der Waals surface area contributed by atoms with Crippen LogP contribution in [0, 0.1) is 17.2 Å². The predicted molar refractivity (Wildman–Crippen MR) is 158 cm³/mol. The highest BCUT2D eigenvalue weighted by Crippen LogP contribution is 2.20. The summed E-state index contributed by atoms with van der Waals surface area (Å²) in [7, 11) is 0. The molecular weight excluding hydrogens is 546 g/mol. The van der Waals surface area contributed by atoms with E-state index in [0.29, 0.717) is 58.2 Å². The third-order valence-electron chi connectivity index (χ3n) is 7.22. The molecule has 0 bridgehead atoms. The van der Waals surface area contributed by atoms with Gasteiger partial charge in [-0.05, 0) is 63.3 Å². The van der Waals surface area contributed by atoms with Gasteiger partial charge in [-0.3, -0.25) is 24.6 Å². The van der Waals surface area contributed by atoms with Gasteiger partial charge in [0.05, 0.1) is 6.04 Å². The molecule has 1 saturated heterocycles. The van der Waals surface area contributed by atoms with E-state index in [1.54, 1.807) is 27.7 Å². The van der Waals surface area contributed by atoms with E-state index in [0.717, 1.165) is 0 Å². The van der Waals surface area contributed by atoms with Crippen molar-refractivity contribution in [2.75, 3.05) is 19.6 Å². The van der Waals surface area contributed by atoms with Gasteiger partial charge in [-0.25, -0.2) is 4.79 Å². The Kier molecular flexibility index (Phi) is 15.8. The number of carbonyl (C=O) groups is 5. The first-order valence-electron chi connectivity index (χ1n) is 14.7. The lowest BCUT2D eigenvalue weighted by atomic mass is 10.00.